The molecule has 3 N–H and O–H groups in total. The van der Waals surface area contributed by atoms with E-state index in [9.17, 15) is 8.42 Å². The van der Waals surface area contributed by atoms with Gasteiger partial charge >= 0.3 is 0 Å². The van der Waals surface area contributed by atoms with Crippen molar-refractivity contribution >= 4 is 22.4 Å². The summed E-state index contributed by atoms with van der Waals surface area (Å²) >= 11 is 0. The summed E-state index contributed by atoms with van der Waals surface area (Å²) in [5.41, 5.74) is 6.68. The van der Waals surface area contributed by atoms with Crippen LogP contribution in [-0.2, 0) is 15.6 Å². The molecule has 0 amide bonds. The summed E-state index contributed by atoms with van der Waals surface area (Å²) in [6.07, 6.45) is 2.66. The maximum atomic E-state index is 12.7. The van der Waals surface area contributed by atoms with Crippen molar-refractivity contribution in [2.24, 2.45) is 11.7 Å². The summed E-state index contributed by atoms with van der Waals surface area (Å²) in [7, 11) is -3.70. The topological polar surface area (TPSA) is 111 Å². The van der Waals surface area contributed by atoms with Crippen LogP contribution < -0.4 is 10.5 Å². The maximum absolute atomic E-state index is 12.7. The van der Waals surface area contributed by atoms with Crippen molar-refractivity contribution in [2.75, 3.05) is 0 Å². The van der Waals surface area contributed by atoms with Gasteiger partial charge < -0.3 is 10.3 Å². The molecule has 0 saturated heterocycles. The first-order valence-corrected chi connectivity index (χ1v) is 9.91. The summed E-state index contributed by atoms with van der Waals surface area (Å²) in [6.45, 7) is 5.70. The summed E-state index contributed by atoms with van der Waals surface area (Å²) in [5.74, 6) is 0.634. The van der Waals surface area contributed by atoms with E-state index in [2.05, 4.69) is 14.9 Å². The zero-order valence-electron chi connectivity index (χ0n) is 15.1. The molecule has 1 aliphatic carbocycles. The standard InChI is InChI=1S/C17H24N4O3S.ClH/c1-11(2)14(15-19-16(20-24-15)17(18)9-4-10-17)21-25(22,23)13-7-5-12(3)6-8-13;/h5-8,11,14,21H,4,9-10,18H2,1-3H3;1H. The minimum Gasteiger partial charge on any atom is -0.337 e. The number of nitrogens with zero attached hydrogens (tertiary/aromatic N) is 2. The van der Waals surface area contributed by atoms with Crippen LogP contribution >= 0.6 is 12.4 Å². The Bertz CT molecular complexity index is 845. The Hall–Kier alpha value is -1.48. The maximum Gasteiger partial charge on any atom is 0.245 e. The van der Waals surface area contributed by atoms with Crippen molar-refractivity contribution in [3.8, 4) is 0 Å². The number of benzene rings is 1. The van der Waals surface area contributed by atoms with Crippen molar-refractivity contribution in [3.05, 3.63) is 41.5 Å². The fraction of sp³-hybridized carbons (Fsp3) is 0.529. The monoisotopic (exact) mass is 400 g/mol. The van der Waals surface area contributed by atoms with Crippen LogP contribution in [0.15, 0.2) is 33.7 Å². The second-order valence-corrected chi connectivity index (χ2v) is 8.84. The van der Waals surface area contributed by atoms with Gasteiger partial charge in [-0.05, 0) is 44.2 Å². The normalized spacial score (nSPS) is 17.4. The Labute approximate surface area is 160 Å². The van der Waals surface area contributed by atoms with Crippen molar-refractivity contribution in [3.63, 3.8) is 0 Å². The van der Waals surface area contributed by atoms with Gasteiger partial charge in [-0.3, -0.25) is 0 Å². The molecule has 0 spiro atoms. The lowest BCUT2D eigenvalue weighted by Crippen LogP contribution is -2.44. The Morgan fingerprint density at radius 2 is 1.85 bits per heavy atom. The van der Waals surface area contributed by atoms with Crippen LogP contribution in [0, 0.1) is 12.8 Å². The largest absolute Gasteiger partial charge is 0.337 e. The molecule has 1 aromatic carbocycles. The first-order chi connectivity index (χ1) is 11.7. The highest BCUT2D eigenvalue weighted by atomic mass is 35.5. The highest BCUT2D eigenvalue weighted by Crippen LogP contribution is 2.37. The lowest BCUT2D eigenvalue weighted by atomic mass is 9.77. The molecule has 1 fully saturated rings. The molecule has 1 unspecified atom stereocenters. The van der Waals surface area contributed by atoms with Crippen molar-refractivity contribution in [2.45, 2.75) is 56.5 Å². The SMILES string of the molecule is Cc1ccc(S(=O)(=O)NC(c2nc(C3(N)CCC3)no2)C(C)C)cc1.Cl. The molecule has 1 aliphatic rings. The van der Waals surface area contributed by atoms with Gasteiger partial charge in [-0.2, -0.15) is 9.71 Å². The predicted octanol–water partition coefficient (Wildman–Crippen LogP) is 2.81. The summed E-state index contributed by atoms with van der Waals surface area (Å²) in [5, 5.41) is 3.98. The number of nitrogens with two attached hydrogens (primary N) is 1. The molecular formula is C17H25ClN4O3S. The van der Waals surface area contributed by atoms with E-state index in [1.807, 2.05) is 20.8 Å². The third-order valence-electron chi connectivity index (χ3n) is 4.68. The van der Waals surface area contributed by atoms with Gasteiger partial charge in [-0.1, -0.05) is 36.7 Å². The highest BCUT2D eigenvalue weighted by Gasteiger charge is 2.40. The molecular weight excluding hydrogens is 376 g/mol. The number of hydrogen-bond acceptors (Lipinski definition) is 6. The van der Waals surface area contributed by atoms with Gasteiger partial charge in [0.2, 0.25) is 15.9 Å². The number of hydrogen-bond donors (Lipinski definition) is 2. The third kappa shape index (κ3) is 4.09. The summed E-state index contributed by atoms with van der Waals surface area (Å²) < 4.78 is 33.4. The van der Waals surface area contributed by atoms with Crippen LogP contribution in [0.1, 0.15) is 56.4 Å². The van der Waals surface area contributed by atoms with Crippen LogP contribution in [0.3, 0.4) is 0 Å². The van der Waals surface area contributed by atoms with Gasteiger partial charge in [-0.25, -0.2) is 8.42 Å². The number of halogens is 1. The van der Waals surface area contributed by atoms with Crippen LogP contribution in [0.2, 0.25) is 0 Å². The fourth-order valence-electron chi connectivity index (χ4n) is 2.77. The molecule has 2 aromatic rings. The minimum atomic E-state index is -3.70. The lowest BCUT2D eigenvalue weighted by molar-refractivity contribution is 0.227. The molecule has 0 bridgehead atoms. The third-order valence-corrected chi connectivity index (χ3v) is 6.14. The predicted molar refractivity (Wildman–Crippen MR) is 100 cm³/mol. The minimum absolute atomic E-state index is 0. The first kappa shape index (κ1) is 20.8. The van der Waals surface area contributed by atoms with Gasteiger partial charge in [0.15, 0.2) is 5.82 Å². The van der Waals surface area contributed by atoms with E-state index in [0.29, 0.717) is 5.82 Å². The zero-order chi connectivity index (χ0) is 18.2. The average molecular weight is 401 g/mol. The first-order valence-electron chi connectivity index (χ1n) is 8.43. The van der Waals surface area contributed by atoms with Gasteiger partial charge in [0.05, 0.1) is 10.4 Å². The van der Waals surface area contributed by atoms with E-state index >= 15 is 0 Å². The molecule has 0 aliphatic heterocycles. The van der Waals surface area contributed by atoms with Gasteiger partial charge in [-0.15, -0.1) is 12.4 Å². The number of rotatable bonds is 6. The van der Waals surface area contributed by atoms with E-state index in [1.165, 1.54) is 0 Å². The smallest absolute Gasteiger partial charge is 0.245 e. The Kier molecular flexibility index (Phi) is 6.12. The molecule has 9 heteroatoms. The molecule has 144 valence electrons. The second-order valence-electron chi connectivity index (χ2n) is 7.12. The van der Waals surface area contributed by atoms with Gasteiger partial charge in [0, 0.05) is 0 Å². The molecule has 1 aromatic heterocycles. The van der Waals surface area contributed by atoms with Gasteiger partial charge in [0.1, 0.15) is 6.04 Å². The van der Waals surface area contributed by atoms with Crippen molar-refractivity contribution < 1.29 is 12.9 Å². The van der Waals surface area contributed by atoms with Crippen LogP contribution in [0.25, 0.3) is 0 Å². The second kappa shape index (κ2) is 7.64. The summed E-state index contributed by atoms with van der Waals surface area (Å²) in [4.78, 5) is 4.59. The van der Waals surface area contributed by atoms with E-state index < -0.39 is 21.6 Å². The van der Waals surface area contributed by atoms with E-state index in [0.717, 1.165) is 24.8 Å². The average Bonchev–Trinajstić information content (AvgIpc) is 3.00. The molecule has 0 radical (unpaired) electrons. The Morgan fingerprint density at radius 1 is 1.23 bits per heavy atom. The molecule has 7 nitrogen and oxygen atoms in total. The molecule has 1 saturated carbocycles. The molecule has 1 heterocycles. The summed E-state index contributed by atoms with van der Waals surface area (Å²) in [6, 6.07) is 6.07. The Balaban J connectivity index is 0.00000243. The van der Waals surface area contributed by atoms with Gasteiger partial charge in [0.25, 0.3) is 0 Å². The fourth-order valence-corrected chi connectivity index (χ4v) is 4.11. The number of sulfonamides is 1. The number of aryl methyl sites for hydroxylation is 1. The van der Waals surface area contributed by atoms with Crippen LogP contribution in [-0.4, -0.2) is 18.6 Å². The number of aromatic nitrogens is 2. The molecule has 26 heavy (non-hydrogen) atoms. The van der Waals surface area contributed by atoms with Crippen LogP contribution in [0.5, 0.6) is 0 Å². The molecule has 1 atom stereocenters. The lowest BCUT2D eigenvalue weighted by Gasteiger charge is -2.34. The van der Waals surface area contributed by atoms with E-state index in [4.69, 9.17) is 10.3 Å². The van der Waals surface area contributed by atoms with Crippen molar-refractivity contribution in [1.82, 2.24) is 14.9 Å². The van der Waals surface area contributed by atoms with E-state index in [1.54, 1.807) is 24.3 Å². The number of nitrogens with one attached hydrogen (secondary N) is 1. The zero-order valence-corrected chi connectivity index (χ0v) is 16.7. The van der Waals surface area contributed by atoms with E-state index in [-0.39, 0.29) is 29.1 Å². The quantitative estimate of drug-likeness (QED) is 0.771. The van der Waals surface area contributed by atoms with Crippen molar-refractivity contribution in [1.29, 1.82) is 0 Å². The molecule has 3 rings (SSSR count). The Morgan fingerprint density at radius 3 is 2.35 bits per heavy atom. The highest BCUT2D eigenvalue weighted by molar-refractivity contribution is 7.89. The van der Waals surface area contributed by atoms with Crippen LogP contribution in [0.4, 0.5) is 0 Å².